The summed E-state index contributed by atoms with van der Waals surface area (Å²) < 4.78 is 23.7. The first-order valence-corrected chi connectivity index (χ1v) is 21.0. The van der Waals surface area contributed by atoms with E-state index in [4.69, 9.17) is 18.7 Å². The molecule has 9 nitrogen and oxygen atoms in total. The number of esters is 2. The Morgan fingerprint density at radius 2 is 1.64 bits per heavy atom. The van der Waals surface area contributed by atoms with Crippen LogP contribution in [0.15, 0.2) is 52.7 Å². The molecular formula is C46H62N2O7. The molecule has 3 saturated carbocycles. The summed E-state index contributed by atoms with van der Waals surface area (Å²) in [6.07, 6.45) is 13.3. The number of aromatic nitrogens is 1. The number of ether oxygens (including phenoxy) is 3. The molecule has 2 aromatic rings. The SMILES string of the molecule is CC1(C)CC[C@]2(C(=O)OCc3ccccc3)CC[C@]3(C)C(=CC[C@@H]4[C@@]5(C)Cc6cnoc6[C@@](C)(COC(=O)CCC(=O)N6CCOCC6)[C@@H]5CC[C@]43C)[C@@H]2C1. The smallest absolute Gasteiger partial charge is 0.313 e. The van der Waals surface area contributed by atoms with Crippen molar-refractivity contribution in [2.45, 2.75) is 124 Å². The number of morpholine rings is 1. The maximum Gasteiger partial charge on any atom is 0.313 e. The van der Waals surface area contributed by atoms with E-state index in [1.54, 1.807) is 4.90 Å². The third-order valence-electron chi connectivity index (χ3n) is 16.5. The third-order valence-corrected chi connectivity index (χ3v) is 16.5. The minimum Gasteiger partial charge on any atom is -0.465 e. The highest BCUT2D eigenvalue weighted by Crippen LogP contribution is 2.75. The van der Waals surface area contributed by atoms with Crippen molar-refractivity contribution in [3.63, 3.8) is 0 Å². The van der Waals surface area contributed by atoms with E-state index in [0.29, 0.717) is 38.8 Å². The summed E-state index contributed by atoms with van der Waals surface area (Å²) >= 11 is 0. The number of hydrogen-bond acceptors (Lipinski definition) is 8. The van der Waals surface area contributed by atoms with E-state index in [-0.39, 0.29) is 70.8 Å². The molecule has 0 radical (unpaired) electrons. The lowest BCUT2D eigenvalue weighted by Gasteiger charge is -2.70. The second-order valence-corrected chi connectivity index (χ2v) is 19.9. The quantitative estimate of drug-likeness (QED) is 0.195. The van der Waals surface area contributed by atoms with E-state index in [1.807, 2.05) is 36.5 Å². The van der Waals surface area contributed by atoms with Gasteiger partial charge in [0.05, 0.1) is 36.7 Å². The molecule has 0 spiro atoms. The molecule has 0 N–H and O–H groups in total. The van der Waals surface area contributed by atoms with Gasteiger partial charge in [-0.05, 0) is 110 Å². The number of amides is 1. The highest BCUT2D eigenvalue weighted by Gasteiger charge is 2.70. The summed E-state index contributed by atoms with van der Waals surface area (Å²) in [5.41, 5.74) is 2.62. The number of benzene rings is 1. The standard InChI is InChI=1S/C46H62N2O7/c1-41(2)18-20-46(40(51)53-29-31-10-8-7-9-11-31)21-19-44(5)33(34(46)27-41)12-13-36-42(3)26-32-28-47-55-39(32)43(4,35(42)16-17-45(36,44)6)30-54-38(50)15-14-37(49)48-22-24-52-25-23-48/h7-12,28,34-36H,13-27,29-30H2,1-6H3/t34-,35+,36+,42-,43-,44+,45+,46-/m0/s1. The van der Waals surface area contributed by atoms with E-state index in [2.05, 4.69) is 52.8 Å². The Balaban J connectivity index is 1.05. The number of carbonyl (C=O) groups is 3. The zero-order valence-electron chi connectivity index (χ0n) is 34.0. The number of nitrogens with zero attached hydrogens (tertiary/aromatic N) is 2. The number of carbonyl (C=O) groups excluding carboxylic acids is 3. The first kappa shape index (κ1) is 38.4. The van der Waals surface area contributed by atoms with Crippen LogP contribution in [0, 0.1) is 44.8 Å². The largest absolute Gasteiger partial charge is 0.465 e. The van der Waals surface area contributed by atoms with Gasteiger partial charge in [0.1, 0.15) is 19.0 Å². The van der Waals surface area contributed by atoms with Crippen LogP contribution in [0.3, 0.4) is 0 Å². The molecule has 1 amide bonds. The molecule has 2 heterocycles. The van der Waals surface area contributed by atoms with E-state index in [0.717, 1.165) is 74.7 Å². The van der Waals surface area contributed by atoms with E-state index in [9.17, 15) is 14.4 Å². The Morgan fingerprint density at radius 3 is 2.40 bits per heavy atom. The van der Waals surface area contributed by atoms with Gasteiger partial charge in [0.2, 0.25) is 5.91 Å². The normalized spacial score (nSPS) is 37.5. The summed E-state index contributed by atoms with van der Waals surface area (Å²) in [6.45, 7) is 17.3. The molecule has 1 aromatic carbocycles. The molecule has 8 rings (SSSR count). The van der Waals surface area contributed by atoms with E-state index in [1.165, 1.54) is 5.57 Å². The second kappa shape index (κ2) is 13.9. The lowest BCUT2D eigenvalue weighted by molar-refractivity contribution is -0.185. The lowest BCUT2D eigenvalue weighted by Crippen LogP contribution is -2.65. The van der Waals surface area contributed by atoms with E-state index >= 15 is 0 Å². The van der Waals surface area contributed by atoms with Crippen LogP contribution < -0.4 is 0 Å². The summed E-state index contributed by atoms with van der Waals surface area (Å²) in [4.78, 5) is 42.2. The molecule has 5 aliphatic carbocycles. The fourth-order valence-corrected chi connectivity index (χ4v) is 13.2. The Morgan fingerprint density at radius 1 is 0.891 bits per heavy atom. The molecule has 0 bridgehead atoms. The van der Waals surface area contributed by atoms with Crippen LogP contribution >= 0.6 is 0 Å². The monoisotopic (exact) mass is 754 g/mol. The highest BCUT2D eigenvalue weighted by molar-refractivity contribution is 5.81. The van der Waals surface area contributed by atoms with Gasteiger partial charge in [-0.15, -0.1) is 0 Å². The predicted molar refractivity (Wildman–Crippen MR) is 207 cm³/mol. The zero-order valence-corrected chi connectivity index (χ0v) is 34.0. The van der Waals surface area contributed by atoms with Gasteiger partial charge in [0, 0.05) is 25.1 Å². The second-order valence-electron chi connectivity index (χ2n) is 19.9. The van der Waals surface area contributed by atoms with Gasteiger partial charge >= 0.3 is 11.9 Å². The number of rotatable bonds is 8. The van der Waals surface area contributed by atoms with Gasteiger partial charge in [-0.3, -0.25) is 14.4 Å². The van der Waals surface area contributed by atoms with Gasteiger partial charge in [0.15, 0.2) is 0 Å². The molecule has 6 aliphatic rings. The van der Waals surface area contributed by atoms with Crippen molar-refractivity contribution in [2.24, 2.45) is 44.8 Å². The van der Waals surface area contributed by atoms with Gasteiger partial charge < -0.3 is 23.6 Å². The molecule has 298 valence electrons. The van der Waals surface area contributed by atoms with Gasteiger partial charge in [-0.25, -0.2) is 0 Å². The summed E-state index contributed by atoms with van der Waals surface area (Å²) in [6, 6.07) is 10.1. The van der Waals surface area contributed by atoms with Crippen LogP contribution in [0.1, 0.15) is 123 Å². The topological polar surface area (TPSA) is 108 Å². The minimum atomic E-state index is -0.549. The number of fused-ring (bicyclic) bond motifs is 8. The summed E-state index contributed by atoms with van der Waals surface area (Å²) in [7, 11) is 0. The van der Waals surface area contributed by atoms with Gasteiger partial charge in [0.25, 0.3) is 0 Å². The molecule has 55 heavy (non-hydrogen) atoms. The van der Waals surface area contributed by atoms with Crippen molar-refractivity contribution >= 4 is 17.8 Å². The molecule has 1 aromatic heterocycles. The molecular weight excluding hydrogens is 693 g/mol. The molecule has 0 unspecified atom stereocenters. The van der Waals surface area contributed by atoms with Crippen molar-refractivity contribution in [3.8, 4) is 0 Å². The van der Waals surface area contributed by atoms with Crippen LogP contribution in [-0.4, -0.2) is 60.8 Å². The Bertz CT molecular complexity index is 1830. The molecule has 4 fully saturated rings. The third kappa shape index (κ3) is 6.20. The van der Waals surface area contributed by atoms with Crippen molar-refractivity contribution in [1.82, 2.24) is 10.1 Å². The van der Waals surface area contributed by atoms with Crippen LogP contribution in [-0.2, 0) is 47.0 Å². The zero-order chi connectivity index (χ0) is 38.9. The Hall–Kier alpha value is -3.46. The van der Waals surface area contributed by atoms with Gasteiger partial charge in [-0.2, -0.15) is 0 Å². The maximum atomic E-state index is 14.4. The molecule has 9 heteroatoms. The fourth-order valence-electron chi connectivity index (χ4n) is 13.2. The predicted octanol–water partition coefficient (Wildman–Crippen LogP) is 8.40. The van der Waals surface area contributed by atoms with Crippen LogP contribution in [0.5, 0.6) is 0 Å². The number of hydrogen-bond donors (Lipinski definition) is 0. The fraction of sp³-hybridized carbons (Fsp3) is 0.696. The van der Waals surface area contributed by atoms with Gasteiger partial charge in [-0.1, -0.05) is 81.8 Å². The van der Waals surface area contributed by atoms with Crippen LogP contribution in [0.25, 0.3) is 0 Å². The van der Waals surface area contributed by atoms with Crippen LogP contribution in [0.2, 0.25) is 0 Å². The van der Waals surface area contributed by atoms with Crippen molar-refractivity contribution in [3.05, 3.63) is 65.1 Å². The average molecular weight is 755 g/mol. The molecule has 1 saturated heterocycles. The molecule has 8 atom stereocenters. The summed E-state index contributed by atoms with van der Waals surface area (Å²) in [5.74, 6) is 1.21. The Labute approximate surface area is 327 Å². The highest BCUT2D eigenvalue weighted by atomic mass is 16.5. The van der Waals surface area contributed by atoms with Crippen LogP contribution in [0.4, 0.5) is 0 Å². The first-order valence-electron chi connectivity index (χ1n) is 21.0. The van der Waals surface area contributed by atoms with Crippen molar-refractivity contribution in [1.29, 1.82) is 0 Å². The Kier molecular flexibility index (Phi) is 9.69. The lowest BCUT2D eigenvalue weighted by atomic mass is 9.33. The van der Waals surface area contributed by atoms with E-state index < -0.39 is 10.8 Å². The van der Waals surface area contributed by atoms with Crippen molar-refractivity contribution in [2.75, 3.05) is 32.9 Å². The average Bonchev–Trinajstić information content (AvgIpc) is 3.65. The van der Waals surface area contributed by atoms with Crippen molar-refractivity contribution < 1.29 is 33.1 Å². The maximum absolute atomic E-state index is 14.4. The summed E-state index contributed by atoms with van der Waals surface area (Å²) in [5, 5.41) is 4.31. The minimum absolute atomic E-state index is 0.00853. The number of allylic oxidation sites excluding steroid dienone is 2. The molecule has 1 aliphatic heterocycles. The first-order chi connectivity index (χ1) is 26.2.